The summed E-state index contributed by atoms with van der Waals surface area (Å²) in [5, 5.41) is 9.12. The van der Waals surface area contributed by atoms with Crippen LogP contribution in [-0.2, 0) is 0 Å². The molecule has 0 aromatic heterocycles. The van der Waals surface area contributed by atoms with E-state index >= 15 is 0 Å². The van der Waals surface area contributed by atoms with Crippen LogP contribution in [-0.4, -0.2) is 18.3 Å². The molecule has 0 aliphatic heterocycles. The van der Waals surface area contributed by atoms with Crippen LogP contribution in [0.4, 0.5) is 0 Å². The Morgan fingerprint density at radius 1 is 1.31 bits per heavy atom. The molecule has 3 N–H and O–H groups in total. The minimum absolute atomic E-state index is 0.276. The lowest BCUT2D eigenvalue weighted by Gasteiger charge is -2.32. The van der Waals surface area contributed by atoms with E-state index in [0.717, 1.165) is 5.92 Å². The molecule has 13 heavy (non-hydrogen) atoms. The summed E-state index contributed by atoms with van der Waals surface area (Å²) in [4.78, 5) is 0. The highest BCUT2D eigenvalue weighted by Gasteiger charge is 2.25. The van der Waals surface area contributed by atoms with E-state index in [9.17, 15) is 0 Å². The molecule has 0 saturated heterocycles. The number of nitrogens with two attached hydrogens (primary N) is 1. The first-order valence-electron chi connectivity index (χ1n) is 5.62. The van der Waals surface area contributed by atoms with Crippen molar-refractivity contribution in [1.29, 1.82) is 0 Å². The van der Waals surface area contributed by atoms with Crippen molar-refractivity contribution < 1.29 is 5.11 Å². The fourth-order valence-corrected chi connectivity index (χ4v) is 2.48. The molecule has 0 aromatic rings. The summed E-state index contributed by atoms with van der Waals surface area (Å²) in [6.07, 6.45) is 6.57. The van der Waals surface area contributed by atoms with E-state index in [4.69, 9.17) is 10.8 Å². The Kier molecular flexibility index (Phi) is 4.74. The minimum Gasteiger partial charge on any atom is -0.396 e. The van der Waals surface area contributed by atoms with Gasteiger partial charge in [-0.15, -0.1) is 0 Å². The van der Waals surface area contributed by atoms with E-state index in [-0.39, 0.29) is 6.61 Å². The van der Waals surface area contributed by atoms with Gasteiger partial charge in [0.1, 0.15) is 0 Å². The average molecular weight is 185 g/mol. The monoisotopic (exact) mass is 185 g/mol. The van der Waals surface area contributed by atoms with Crippen LogP contribution in [0.5, 0.6) is 0 Å². The van der Waals surface area contributed by atoms with E-state index in [1.165, 1.54) is 32.1 Å². The summed E-state index contributed by atoms with van der Waals surface area (Å²) in [5.41, 5.74) is 5.62. The van der Waals surface area contributed by atoms with Gasteiger partial charge < -0.3 is 10.8 Å². The summed E-state index contributed by atoms with van der Waals surface area (Å²) in [7, 11) is 0. The number of hydrogen-bond donors (Lipinski definition) is 2. The maximum Gasteiger partial charge on any atom is 0.0473 e. The van der Waals surface area contributed by atoms with Crippen molar-refractivity contribution in [3.63, 3.8) is 0 Å². The molecule has 1 atom stereocenters. The van der Waals surface area contributed by atoms with Crippen LogP contribution < -0.4 is 5.73 Å². The highest BCUT2D eigenvalue weighted by Crippen LogP contribution is 2.34. The van der Waals surface area contributed by atoms with E-state index in [0.29, 0.717) is 18.4 Å². The summed E-state index contributed by atoms with van der Waals surface area (Å²) in [6, 6.07) is 0. The molecule has 0 aromatic carbocycles. The quantitative estimate of drug-likeness (QED) is 0.701. The first-order chi connectivity index (χ1) is 6.31. The molecule has 1 rings (SSSR count). The van der Waals surface area contributed by atoms with Gasteiger partial charge in [0.15, 0.2) is 0 Å². The maximum atomic E-state index is 9.12. The highest BCUT2D eigenvalue weighted by molar-refractivity contribution is 4.77. The van der Waals surface area contributed by atoms with Gasteiger partial charge in [-0.2, -0.15) is 0 Å². The van der Waals surface area contributed by atoms with Crippen molar-refractivity contribution >= 4 is 0 Å². The van der Waals surface area contributed by atoms with Crippen molar-refractivity contribution in [3.05, 3.63) is 0 Å². The van der Waals surface area contributed by atoms with Gasteiger partial charge >= 0.3 is 0 Å². The van der Waals surface area contributed by atoms with Crippen molar-refractivity contribution in [2.24, 2.45) is 23.5 Å². The smallest absolute Gasteiger partial charge is 0.0473 e. The predicted molar refractivity (Wildman–Crippen MR) is 55.4 cm³/mol. The lowest BCUT2D eigenvalue weighted by atomic mass is 9.75. The third-order valence-electron chi connectivity index (χ3n) is 3.67. The Bertz CT molecular complexity index is 126. The Hall–Kier alpha value is -0.0800. The van der Waals surface area contributed by atoms with Gasteiger partial charge in [-0.1, -0.05) is 26.2 Å². The van der Waals surface area contributed by atoms with Crippen LogP contribution in [0.1, 0.15) is 39.0 Å². The van der Waals surface area contributed by atoms with E-state index in [1.807, 2.05) is 0 Å². The van der Waals surface area contributed by atoms with E-state index in [1.54, 1.807) is 0 Å². The second-order valence-corrected chi connectivity index (χ2v) is 4.37. The lowest BCUT2D eigenvalue weighted by molar-refractivity contribution is 0.135. The normalized spacial score (nSPS) is 31.6. The highest BCUT2D eigenvalue weighted by atomic mass is 16.3. The zero-order valence-corrected chi connectivity index (χ0v) is 8.71. The van der Waals surface area contributed by atoms with Crippen LogP contribution in [0.3, 0.4) is 0 Å². The van der Waals surface area contributed by atoms with Crippen molar-refractivity contribution in [2.75, 3.05) is 13.2 Å². The van der Waals surface area contributed by atoms with Crippen LogP contribution >= 0.6 is 0 Å². The molecule has 0 spiro atoms. The SMILES string of the molecule is CCC1CCC(C(CN)CO)CC1. The lowest BCUT2D eigenvalue weighted by Crippen LogP contribution is -2.29. The Labute approximate surface area is 81.5 Å². The molecule has 78 valence electrons. The van der Waals surface area contributed by atoms with Crippen LogP contribution in [0.25, 0.3) is 0 Å². The molecule has 1 saturated carbocycles. The average Bonchev–Trinajstić information content (AvgIpc) is 2.21. The number of hydrogen-bond acceptors (Lipinski definition) is 2. The number of aliphatic hydroxyl groups excluding tert-OH is 1. The van der Waals surface area contributed by atoms with E-state index in [2.05, 4.69) is 6.92 Å². The van der Waals surface area contributed by atoms with Crippen molar-refractivity contribution in [1.82, 2.24) is 0 Å². The molecule has 1 fully saturated rings. The van der Waals surface area contributed by atoms with Gasteiger partial charge in [-0.05, 0) is 37.1 Å². The minimum atomic E-state index is 0.276. The van der Waals surface area contributed by atoms with E-state index < -0.39 is 0 Å². The first-order valence-corrected chi connectivity index (χ1v) is 5.62. The maximum absolute atomic E-state index is 9.12. The third-order valence-corrected chi connectivity index (χ3v) is 3.67. The van der Waals surface area contributed by atoms with Gasteiger partial charge in [0.05, 0.1) is 0 Å². The Morgan fingerprint density at radius 3 is 2.31 bits per heavy atom. The number of rotatable bonds is 4. The molecule has 2 nitrogen and oxygen atoms in total. The molecule has 0 bridgehead atoms. The van der Waals surface area contributed by atoms with Gasteiger partial charge in [-0.3, -0.25) is 0 Å². The summed E-state index contributed by atoms with van der Waals surface area (Å²) >= 11 is 0. The Morgan fingerprint density at radius 2 is 1.92 bits per heavy atom. The topological polar surface area (TPSA) is 46.2 Å². The summed E-state index contributed by atoms with van der Waals surface area (Å²) in [5.74, 6) is 1.99. The van der Waals surface area contributed by atoms with Crippen LogP contribution in [0.2, 0.25) is 0 Å². The van der Waals surface area contributed by atoms with Gasteiger partial charge in [0, 0.05) is 6.61 Å². The standard InChI is InChI=1S/C11H23NO/c1-2-9-3-5-10(6-4-9)11(7-12)8-13/h9-11,13H,2-8,12H2,1H3. The fraction of sp³-hybridized carbons (Fsp3) is 1.00. The molecule has 0 radical (unpaired) electrons. The van der Waals surface area contributed by atoms with Crippen LogP contribution in [0, 0.1) is 17.8 Å². The fourth-order valence-electron chi connectivity index (χ4n) is 2.48. The van der Waals surface area contributed by atoms with Gasteiger partial charge in [0.2, 0.25) is 0 Å². The first kappa shape index (κ1) is 11.0. The molecule has 2 heteroatoms. The second kappa shape index (κ2) is 5.61. The number of aliphatic hydroxyl groups is 1. The molecule has 0 amide bonds. The largest absolute Gasteiger partial charge is 0.396 e. The van der Waals surface area contributed by atoms with Gasteiger partial charge in [0.25, 0.3) is 0 Å². The molecular weight excluding hydrogens is 162 g/mol. The zero-order valence-electron chi connectivity index (χ0n) is 8.71. The predicted octanol–water partition coefficient (Wildman–Crippen LogP) is 1.77. The van der Waals surface area contributed by atoms with Crippen molar-refractivity contribution in [2.45, 2.75) is 39.0 Å². The molecule has 0 heterocycles. The molecule has 1 aliphatic carbocycles. The molecule has 1 aliphatic rings. The third kappa shape index (κ3) is 2.96. The zero-order chi connectivity index (χ0) is 9.68. The second-order valence-electron chi connectivity index (χ2n) is 4.37. The van der Waals surface area contributed by atoms with Crippen LogP contribution in [0.15, 0.2) is 0 Å². The van der Waals surface area contributed by atoms with Crippen molar-refractivity contribution in [3.8, 4) is 0 Å². The molecule has 1 unspecified atom stereocenters. The molecular formula is C11H23NO. The summed E-state index contributed by atoms with van der Waals surface area (Å²) in [6.45, 7) is 3.20. The summed E-state index contributed by atoms with van der Waals surface area (Å²) < 4.78 is 0. The van der Waals surface area contributed by atoms with Gasteiger partial charge in [-0.25, -0.2) is 0 Å². The Balaban J connectivity index is 2.30.